The molecule has 0 aliphatic carbocycles. The molecule has 0 saturated heterocycles. The molecule has 1 aromatic carbocycles. The topological polar surface area (TPSA) is 62.7 Å². The minimum Gasteiger partial charge on any atom is -0.342 e. The normalized spacial score (nSPS) is 12.4. The number of nitrogens with one attached hydrogen (secondary N) is 2. The van der Waals surface area contributed by atoms with Gasteiger partial charge in [-0.25, -0.2) is 0 Å². The van der Waals surface area contributed by atoms with E-state index in [9.17, 15) is 4.79 Å². The van der Waals surface area contributed by atoms with E-state index in [0.717, 1.165) is 11.4 Å². The van der Waals surface area contributed by atoms with Crippen molar-refractivity contribution in [1.29, 1.82) is 0 Å². The number of aryl methyl sites for hydroxylation is 1. The molecule has 2 N–H and O–H groups in total. The van der Waals surface area contributed by atoms with E-state index in [1.165, 1.54) is 0 Å². The van der Waals surface area contributed by atoms with Crippen LogP contribution >= 0.6 is 12.2 Å². The van der Waals surface area contributed by atoms with Crippen LogP contribution in [0.2, 0.25) is 0 Å². The number of hydrogen-bond donors (Lipinski definition) is 2. The Hall–Kier alpha value is -1.95. The number of rotatable bonds is 4. The minimum absolute atomic E-state index is 0.0966. The van der Waals surface area contributed by atoms with E-state index in [0.29, 0.717) is 10.3 Å². The zero-order valence-corrected chi connectivity index (χ0v) is 13.5. The fraction of sp³-hybridized carbons (Fsp3) is 0.400. The average Bonchev–Trinajstić information content (AvgIpc) is 2.76. The molecular formula is C15H20N4OS. The largest absolute Gasteiger partial charge is 0.342 e. The van der Waals surface area contributed by atoms with Crippen molar-refractivity contribution in [2.75, 3.05) is 0 Å². The van der Waals surface area contributed by atoms with Crippen molar-refractivity contribution in [2.45, 2.75) is 26.8 Å². The molecule has 0 fully saturated rings. The highest BCUT2D eigenvalue weighted by Gasteiger charge is 2.24. The van der Waals surface area contributed by atoms with Gasteiger partial charge in [0.25, 0.3) is 5.91 Å². The molecule has 0 bridgehead atoms. The van der Waals surface area contributed by atoms with Crippen LogP contribution in [0.5, 0.6) is 0 Å². The highest BCUT2D eigenvalue weighted by atomic mass is 32.1. The van der Waals surface area contributed by atoms with Gasteiger partial charge >= 0.3 is 0 Å². The maximum absolute atomic E-state index is 12.5. The lowest BCUT2D eigenvalue weighted by atomic mass is 10.0. The molecule has 1 atom stereocenters. The van der Waals surface area contributed by atoms with Crippen molar-refractivity contribution < 1.29 is 4.79 Å². The monoisotopic (exact) mass is 304 g/mol. The lowest BCUT2D eigenvalue weighted by Gasteiger charge is -2.22. The second-order valence-electron chi connectivity index (χ2n) is 5.46. The SMILES string of the molecule is Cc1ccccc1C(=O)N[C@@H](c1n[nH]c(=S)n1C)C(C)C. The molecule has 1 heterocycles. The third-order valence-corrected chi connectivity index (χ3v) is 3.90. The summed E-state index contributed by atoms with van der Waals surface area (Å²) < 4.78 is 2.33. The molecule has 0 spiro atoms. The van der Waals surface area contributed by atoms with Gasteiger partial charge in [0, 0.05) is 12.6 Å². The number of aromatic amines is 1. The second kappa shape index (κ2) is 6.22. The number of hydrogen-bond acceptors (Lipinski definition) is 3. The second-order valence-corrected chi connectivity index (χ2v) is 5.84. The van der Waals surface area contributed by atoms with Gasteiger partial charge in [0.05, 0.1) is 6.04 Å². The van der Waals surface area contributed by atoms with E-state index in [1.54, 1.807) is 4.57 Å². The van der Waals surface area contributed by atoms with Gasteiger partial charge in [-0.2, -0.15) is 5.10 Å². The van der Waals surface area contributed by atoms with Crippen molar-refractivity contribution in [3.63, 3.8) is 0 Å². The van der Waals surface area contributed by atoms with Crippen molar-refractivity contribution in [3.8, 4) is 0 Å². The van der Waals surface area contributed by atoms with E-state index in [-0.39, 0.29) is 17.9 Å². The predicted molar refractivity (Wildman–Crippen MR) is 84.6 cm³/mol. The van der Waals surface area contributed by atoms with Gasteiger partial charge < -0.3 is 9.88 Å². The summed E-state index contributed by atoms with van der Waals surface area (Å²) in [7, 11) is 1.84. The zero-order chi connectivity index (χ0) is 15.6. The lowest BCUT2D eigenvalue weighted by Crippen LogP contribution is -2.33. The summed E-state index contributed by atoms with van der Waals surface area (Å²) in [5.74, 6) is 0.833. The number of amides is 1. The van der Waals surface area contributed by atoms with Crippen LogP contribution in [0.1, 0.15) is 41.6 Å². The van der Waals surface area contributed by atoms with Gasteiger partial charge in [0.2, 0.25) is 0 Å². The minimum atomic E-state index is -0.199. The van der Waals surface area contributed by atoms with Gasteiger partial charge in [-0.05, 0) is 36.7 Å². The smallest absolute Gasteiger partial charge is 0.252 e. The molecule has 2 aromatic rings. The Bertz CT molecular complexity index is 702. The van der Waals surface area contributed by atoms with Crippen LogP contribution in [0, 0.1) is 17.6 Å². The molecule has 2 rings (SSSR count). The number of nitrogens with zero attached hydrogens (tertiary/aromatic N) is 2. The van der Waals surface area contributed by atoms with Gasteiger partial charge in [0.1, 0.15) is 0 Å². The van der Waals surface area contributed by atoms with E-state index < -0.39 is 0 Å². The molecule has 5 nitrogen and oxygen atoms in total. The van der Waals surface area contributed by atoms with Crippen LogP contribution in [-0.2, 0) is 7.05 Å². The number of carbonyl (C=O) groups excluding carboxylic acids is 1. The molecule has 0 unspecified atom stereocenters. The Morgan fingerprint density at radius 1 is 1.38 bits per heavy atom. The quantitative estimate of drug-likeness (QED) is 0.854. The highest BCUT2D eigenvalue weighted by molar-refractivity contribution is 7.71. The zero-order valence-electron chi connectivity index (χ0n) is 12.7. The number of aromatic nitrogens is 3. The van der Waals surface area contributed by atoms with E-state index in [1.807, 2.05) is 52.1 Å². The number of H-pyrrole nitrogens is 1. The lowest BCUT2D eigenvalue weighted by molar-refractivity contribution is 0.0921. The van der Waals surface area contributed by atoms with Crippen molar-refractivity contribution >= 4 is 18.1 Å². The molecule has 1 aromatic heterocycles. The van der Waals surface area contributed by atoms with Crippen molar-refractivity contribution in [2.24, 2.45) is 13.0 Å². The maximum atomic E-state index is 12.5. The number of benzene rings is 1. The van der Waals surface area contributed by atoms with Crippen LogP contribution in [-0.4, -0.2) is 20.7 Å². The molecular weight excluding hydrogens is 284 g/mol. The molecule has 0 aliphatic rings. The summed E-state index contributed by atoms with van der Waals surface area (Å²) in [4.78, 5) is 12.5. The standard InChI is InChI=1S/C15H20N4OS/c1-9(2)12(13-17-18-15(21)19(13)4)16-14(20)11-8-6-5-7-10(11)3/h5-9,12H,1-4H3,(H,16,20)(H,18,21)/t12-/m1/s1. The van der Waals surface area contributed by atoms with Crippen molar-refractivity contribution in [3.05, 3.63) is 46.0 Å². The summed E-state index contributed by atoms with van der Waals surface area (Å²) >= 11 is 5.14. The van der Waals surface area contributed by atoms with Gasteiger partial charge in [-0.3, -0.25) is 9.89 Å². The summed E-state index contributed by atoms with van der Waals surface area (Å²) in [5.41, 5.74) is 1.63. The van der Waals surface area contributed by atoms with E-state index in [4.69, 9.17) is 12.2 Å². The molecule has 21 heavy (non-hydrogen) atoms. The average molecular weight is 304 g/mol. The Balaban J connectivity index is 2.30. The van der Waals surface area contributed by atoms with Crippen molar-refractivity contribution in [1.82, 2.24) is 20.1 Å². The Morgan fingerprint density at radius 2 is 2.05 bits per heavy atom. The molecule has 112 valence electrons. The summed E-state index contributed by atoms with van der Waals surface area (Å²) in [5, 5.41) is 10.1. The first-order valence-electron chi connectivity index (χ1n) is 6.89. The third-order valence-electron chi connectivity index (χ3n) is 3.54. The van der Waals surface area contributed by atoms with Crippen LogP contribution in [0.25, 0.3) is 0 Å². The van der Waals surface area contributed by atoms with Crippen LogP contribution in [0.4, 0.5) is 0 Å². The fourth-order valence-corrected chi connectivity index (χ4v) is 2.35. The van der Waals surface area contributed by atoms with Crippen LogP contribution in [0.15, 0.2) is 24.3 Å². The fourth-order valence-electron chi connectivity index (χ4n) is 2.21. The number of carbonyl (C=O) groups is 1. The first-order valence-corrected chi connectivity index (χ1v) is 7.30. The van der Waals surface area contributed by atoms with Gasteiger partial charge in [0.15, 0.2) is 10.6 Å². The first kappa shape index (κ1) is 15.4. The molecule has 0 aliphatic heterocycles. The van der Waals surface area contributed by atoms with Gasteiger partial charge in [-0.1, -0.05) is 32.0 Å². The molecule has 0 saturated carbocycles. The Labute approximate surface area is 129 Å². The summed E-state index contributed by atoms with van der Waals surface area (Å²) in [6.07, 6.45) is 0. The van der Waals surface area contributed by atoms with Crippen LogP contribution < -0.4 is 5.32 Å². The molecule has 6 heteroatoms. The maximum Gasteiger partial charge on any atom is 0.252 e. The Kier molecular flexibility index (Phi) is 4.57. The molecule has 1 amide bonds. The summed E-state index contributed by atoms with van der Waals surface area (Å²) in [6, 6.07) is 7.33. The van der Waals surface area contributed by atoms with Gasteiger partial charge in [-0.15, -0.1) is 0 Å². The highest BCUT2D eigenvalue weighted by Crippen LogP contribution is 2.20. The third kappa shape index (κ3) is 3.21. The summed E-state index contributed by atoms with van der Waals surface area (Å²) in [6.45, 7) is 6.01. The van der Waals surface area contributed by atoms with E-state index >= 15 is 0 Å². The molecule has 0 radical (unpaired) electrons. The Morgan fingerprint density at radius 3 is 2.57 bits per heavy atom. The van der Waals surface area contributed by atoms with E-state index in [2.05, 4.69) is 15.5 Å². The predicted octanol–water partition coefficient (Wildman–Crippen LogP) is 2.91. The van der Waals surface area contributed by atoms with Crippen LogP contribution in [0.3, 0.4) is 0 Å². The first-order chi connectivity index (χ1) is 9.91.